The lowest BCUT2D eigenvalue weighted by molar-refractivity contribution is -0.121. The average molecular weight is 302 g/mol. The van der Waals surface area contributed by atoms with Gasteiger partial charge in [0.15, 0.2) is 9.84 Å². The minimum Gasteiger partial charge on any atom is -0.352 e. The Balaban J connectivity index is 1.80. The van der Waals surface area contributed by atoms with Gasteiger partial charge in [0, 0.05) is 25.6 Å². The minimum absolute atomic E-state index is 0.0535. The first-order valence-corrected chi connectivity index (χ1v) is 8.95. The van der Waals surface area contributed by atoms with Crippen molar-refractivity contribution in [2.75, 3.05) is 18.1 Å². The van der Waals surface area contributed by atoms with E-state index in [-0.39, 0.29) is 29.9 Å². The lowest BCUT2D eigenvalue weighted by Gasteiger charge is -2.23. The van der Waals surface area contributed by atoms with E-state index >= 15 is 0 Å². The molecule has 2 heterocycles. The molecule has 2 N–H and O–H groups in total. The number of hydrogen-bond donors (Lipinski definition) is 2. The molecule has 1 aliphatic rings. The lowest BCUT2D eigenvalue weighted by Crippen LogP contribution is -2.47. The highest BCUT2D eigenvalue weighted by atomic mass is 32.2. The topological polar surface area (TPSA) is 75.3 Å². The van der Waals surface area contributed by atoms with Gasteiger partial charge < -0.3 is 10.6 Å². The van der Waals surface area contributed by atoms with Crippen LogP contribution < -0.4 is 10.6 Å². The van der Waals surface area contributed by atoms with Crippen LogP contribution in [-0.2, 0) is 21.2 Å². The largest absolute Gasteiger partial charge is 0.352 e. The van der Waals surface area contributed by atoms with E-state index in [1.807, 2.05) is 17.7 Å². The molecule has 1 saturated heterocycles. The zero-order valence-electron chi connectivity index (χ0n) is 10.8. The van der Waals surface area contributed by atoms with Crippen LogP contribution in [0.2, 0.25) is 0 Å². The van der Waals surface area contributed by atoms with Crippen LogP contribution in [0.25, 0.3) is 0 Å². The average Bonchev–Trinajstić information content (AvgIpc) is 2.71. The Morgan fingerprint density at radius 1 is 1.53 bits per heavy atom. The molecule has 1 atom stereocenters. The molecule has 19 heavy (non-hydrogen) atoms. The fraction of sp³-hybridized carbons (Fsp3) is 0.583. The van der Waals surface area contributed by atoms with Crippen molar-refractivity contribution in [1.29, 1.82) is 0 Å². The van der Waals surface area contributed by atoms with Gasteiger partial charge in [-0.05, 0) is 28.8 Å². The van der Waals surface area contributed by atoms with Gasteiger partial charge >= 0.3 is 0 Å². The highest BCUT2D eigenvalue weighted by Gasteiger charge is 2.25. The third kappa shape index (κ3) is 4.29. The number of sulfone groups is 1. The van der Waals surface area contributed by atoms with Crippen molar-refractivity contribution in [3.05, 3.63) is 21.9 Å². The van der Waals surface area contributed by atoms with Crippen molar-refractivity contribution in [2.45, 2.75) is 25.9 Å². The standard InChI is InChI=1S/C12H18N2O3S2/c1-9-6-18-7-10(9)5-14-12(15)4-11-8-19(16,17)3-2-13-11/h6-7,11,13H,2-5,8H2,1H3,(H,14,15). The first-order chi connectivity index (χ1) is 8.96. The van der Waals surface area contributed by atoms with E-state index in [2.05, 4.69) is 10.6 Å². The minimum atomic E-state index is -2.98. The van der Waals surface area contributed by atoms with Crippen LogP contribution in [0.15, 0.2) is 10.8 Å². The molecule has 1 unspecified atom stereocenters. The molecule has 1 aliphatic heterocycles. The Morgan fingerprint density at radius 3 is 2.95 bits per heavy atom. The van der Waals surface area contributed by atoms with Crippen molar-refractivity contribution in [3.63, 3.8) is 0 Å². The Hall–Kier alpha value is -0.920. The van der Waals surface area contributed by atoms with Gasteiger partial charge in [-0.2, -0.15) is 11.3 Å². The molecule has 0 spiro atoms. The summed E-state index contributed by atoms with van der Waals surface area (Å²) in [7, 11) is -2.98. The van der Waals surface area contributed by atoms with Gasteiger partial charge in [0.25, 0.3) is 0 Å². The van der Waals surface area contributed by atoms with E-state index in [1.165, 1.54) is 5.56 Å². The second kappa shape index (κ2) is 6.02. The van der Waals surface area contributed by atoms with Crippen molar-refractivity contribution < 1.29 is 13.2 Å². The molecule has 1 fully saturated rings. The van der Waals surface area contributed by atoms with Crippen LogP contribution in [0.1, 0.15) is 17.5 Å². The summed E-state index contributed by atoms with van der Waals surface area (Å²) in [5.41, 5.74) is 2.28. The van der Waals surface area contributed by atoms with E-state index in [4.69, 9.17) is 0 Å². The van der Waals surface area contributed by atoms with E-state index in [9.17, 15) is 13.2 Å². The number of thiophene rings is 1. The number of carbonyl (C=O) groups excluding carboxylic acids is 1. The van der Waals surface area contributed by atoms with Gasteiger partial charge in [-0.3, -0.25) is 4.79 Å². The number of nitrogens with one attached hydrogen (secondary N) is 2. The smallest absolute Gasteiger partial charge is 0.221 e. The normalized spacial score (nSPS) is 22.1. The summed E-state index contributed by atoms with van der Waals surface area (Å²) in [6.07, 6.45) is 0.211. The molecular weight excluding hydrogens is 284 g/mol. The second-order valence-electron chi connectivity index (χ2n) is 4.83. The van der Waals surface area contributed by atoms with Crippen molar-refractivity contribution in [2.24, 2.45) is 0 Å². The molecular formula is C12H18N2O3S2. The maximum absolute atomic E-state index is 11.8. The zero-order valence-corrected chi connectivity index (χ0v) is 12.4. The van der Waals surface area contributed by atoms with E-state index in [0.717, 1.165) is 5.56 Å². The summed E-state index contributed by atoms with van der Waals surface area (Å²) in [5, 5.41) is 9.96. The van der Waals surface area contributed by atoms with Crippen LogP contribution in [0, 0.1) is 6.92 Å². The van der Waals surface area contributed by atoms with Crippen molar-refractivity contribution in [3.8, 4) is 0 Å². The number of rotatable bonds is 4. The van der Waals surface area contributed by atoms with Crippen LogP contribution in [0.5, 0.6) is 0 Å². The molecule has 1 aromatic rings. The highest BCUT2D eigenvalue weighted by Crippen LogP contribution is 2.13. The van der Waals surface area contributed by atoms with E-state index in [0.29, 0.717) is 13.1 Å². The van der Waals surface area contributed by atoms with Crippen LogP contribution in [0.4, 0.5) is 0 Å². The van der Waals surface area contributed by atoms with Gasteiger partial charge in [0.1, 0.15) is 0 Å². The highest BCUT2D eigenvalue weighted by molar-refractivity contribution is 7.91. The Morgan fingerprint density at radius 2 is 2.32 bits per heavy atom. The Kier molecular flexibility index (Phi) is 4.59. The fourth-order valence-electron chi connectivity index (χ4n) is 2.06. The SMILES string of the molecule is Cc1cscc1CNC(=O)CC1CS(=O)(=O)CCN1. The van der Waals surface area contributed by atoms with Gasteiger partial charge in [-0.1, -0.05) is 0 Å². The molecule has 1 aromatic heterocycles. The Labute approximate surface area is 117 Å². The first kappa shape index (κ1) is 14.5. The summed E-state index contributed by atoms with van der Waals surface area (Å²) in [5.74, 6) is 0.108. The molecule has 0 aliphatic carbocycles. The predicted octanol–water partition coefficient (Wildman–Crippen LogP) is 0.449. The fourth-order valence-corrected chi connectivity index (χ4v) is 4.36. The van der Waals surface area contributed by atoms with Crippen LogP contribution >= 0.6 is 11.3 Å². The third-order valence-corrected chi connectivity index (χ3v) is 5.82. The Bertz CT molecular complexity index is 551. The maximum Gasteiger partial charge on any atom is 0.221 e. The van der Waals surface area contributed by atoms with Crippen molar-refractivity contribution in [1.82, 2.24) is 10.6 Å². The van der Waals surface area contributed by atoms with Gasteiger partial charge in [-0.25, -0.2) is 8.42 Å². The predicted molar refractivity (Wildman–Crippen MR) is 76.0 cm³/mol. The summed E-state index contributed by atoms with van der Waals surface area (Å²) in [4.78, 5) is 11.8. The summed E-state index contributed by atoms with van der Waals surface area (Å²) in [6, 6.07) is -0.262. The maximum atomic E-state index is 11.8. The van der Waals surface area contributed by atoms with Gasteiger partial charge in [-0.15, -0.1) is 0 Å². The lowest BCUT2D eigenvalue weighted by atomic mass is 10.2. The molecule has 106 valence electrons. The molecule has 0 radical (unpaired) electrons. The molecule has 0 saturated carbocycles. The molecule has 0 aromatic carbocycles. The van der Waals surface area contributed by atoms with E-state index < -0.39 is 9.84 Å². The number of amides is 1. The van der Waals surface area contributed by atoms with Crippen LogP contribution in [-0.4, -0.2) is 38.4 Å². The molecule has 0 bridgehead atoms. The molecule has 7 heteroatoms. The first-order valence-electron chi connectivity index (χ1n) is 6.18. The van der Waals surface area contributed by atoms with E-state index in [1.54, 1.807) is 11.3 Å². The summed E-state index contributed by atoms with van der Waals surface area (Å²) < 4.78 is 22.9. The molecule has 1 amide bonds. The zero-order chi connectivity index (χ0) is 13.9. The number of hydrogen-bond acceptors (Lipinski definition) is 5. The van der Waals surface area contributed by atoms with Gasteiger partial charge in [0.05, 0.1) is 11.5 Å². The van der Waals surface area contributed by atoms with Gasteiger partial charge in [0.2, 0.25) is 5.91 Å². The van der Waals surface area contributed by atoms with Crippen molar-refractivity contribution >= 4 is 27.1 Å². The third-order valence-electron chi connectivity index (χ3n) is 3.17. The monoisotopic (exact) mass is 302 g/mol. The summed E-state index contributed by atoms with van der Waals surface area (Å²) in [6.45, 7) is 2.95. The number of aryl methyl sites for hydroxylation is 1. The second-order valence-corrected chi connectivity index (χ2v) is 7.80. The molecule has 2 rings (SSSR count). The number of carbonyl (C=O) groups is 1. The van der Waals surface area contributed by atoms with Crippen LogP contribution in [0.3, 0.4) is 0 Å². The molecule has 5 nitrogen and oxygen atoms in total. The quantitative estimate of drug-likeness (QED) is 0.847. The summed E-state index contributed by atoms with van der Waals surface area (Å²) >= 11 is 1.61.